The lowest BCUT2D eigenvalue weighted by atomic mass is 10.3. The molecule has 5 nitrogen and oxygen atoms in total. The Morgan fingerprint density at radius 2 is 2.10 bits per heavy atom. The first kappa shape index (κ1) is 14.0. The lowest BCUT2D eigenvalue weighted by molar-refractivity contribution is -0.118. The molecule has 0 aliphatic rings. The van der Waals surface area contributed by atoms with Gasteiger partial charge >= 0.3 is 0 Å². The maximum Gasteiger partial charge on any atom is 0.263 e. The number of ether oxygens (including phenoxy) is 1. The highest BCUT2D eigenvalue weighted by Gasteiger charge is 2.09. The number of hydrogen-bond acceptors (Lipinski definition) is 3. The minimum atomic E-state index is -1.02. The van der Waals surface area contributed by atoms with Crippen molar-refractivity contribution in [1.82, 2.24) is 9.78 Å². The summed E-state index contributed by atoms with van der Waals surface area (Å²) in [5, 5.41) is 6.67. The van der Waals surface area contributed by atoms with Crippen LogP contribution in [0.3, 0.4) is 0 Å². The summed E-state index contributed by atoms with van der Waals surface area (Å²) in [5.74, 6) is -1.79. The smallest absolute Gasteiger partial charge is 0.263 e. The maximum atomic E-state index is 12.9. The molecule has 0 saturated heterocycles. The lowest BCUT2D eigenvalue weighted by Crippen LogP contribution is -2.21. The number of rotatable bonds is 4. The molecule has 0 spiro atoms. The van der Waals surface area contributed by atoms with Gasteiger partial charge in [0.25, 0.3) is 5.91 Å². The van der Waals surface area contributed by atoms with Crippen LogP contribution in [0.2, 0.25) is 0 Å². The van der Waals surface area contributed by atoms with Crippen LogP contribution in [0.1, 0.15) is 5.69 Å². The fourth-order valence-corrected chi connectivity index (χ4v) is 1.62. The number of nitrogens with one attached hydrogen (secondary N) is 1. The number of carbonyl (C=O) groups excluding carboxylic acids is 1. The van der Waals surface area contributed by atoms with Crippen LogP contribution in [-0.4, -0.2) is 22.3 Å². The molecule has 0 saturated carbocycles. The van der Waals surface area contributed by atoms with Gasteiger partial charge in [-0.2, -0.15) is 5.10 Å². The Morgan fingerprint density at radius 1 is 1.35 bits per heavy atom. The van der Waals surface area contributed by atoms with Crippen molar-refractivity contribution in [2.24, 2.45) is 7.05 Å². The van der Waals surface area contributed by atoms with E-state index in [2.05, 4.69) is 10.4 Å². The second kappa shape index (κ2) is 5.68. The Labute approximate surface area is 114 Å². The van der Waals surface area contributed by atoms with E-state index in [1.807, 2.05) is 0 Å². The van der Waals surface area contributed by atoms with Gasteiger partial charge in [0.2, 0.25) is 0 Å². The molecule has 1 heterocycles. The number of hydrogen-bond donors (Lipinski definition) is 1. The Balaban J connectivity index is 1.92. The zero-order valence-corrected chi connectivity index (χ0v) is 11.0. The number of halogens is 2. The number of carbonyl (C=O) groups is 1. The van der Waals surface area contributed by atoms with Crippen LogP contribution in [-0.2, 0) is 11.8 Å². The molecule has 0 radical (unpaired) electrons. The van der Waals surface area contributed by atoms with E-state index in [1.54, 1.807) is 20.0 Å². The lowest BCUT2D eigenvalue weighted by Gasteiger charge is -2.07. The fourth-order valence-electron chi connectivity index (χ4n) is 1.62. The summed E-state index contributed by atoms with van der Waals surface area (Å²) in [6.45, 7) is 1.49. The van der Waals surface area contributed by atoms with Crippen molar-refractivity contribution in [3.8, 4) is 5.75 Å². The van der Waals surface area contributed by atoms with E-state index in [1.165, 1.54) is 10.7 Å². The number of benzene rings is 1. The third-order valence-corrected chi connectivity index (χ3v) is 2.53. The molecule has 0 bridgehead atoms. The number of nitrogens with zero attached hydrogens (tertiary/aromatic N) is 2. The van der Waals surface area contributed by atoms with Gasteiger partial charge in [0.05, 0.1) is 5.69 Å². The molecule has 1 amide bonds. The molecule has 0 atom stereocenters. The summed E-state index contributed by atoms with van der Waals surface area (Å²) in [7, 11) is 1.69. The van der Waals surface area contributed by atoms with Gasteiger partial charge in [-0.15, -0.1) is 0 Å². The summed E-state index contributed by atoms with van der Waals surface area (Å²) >= 11 is 0. The zero-order valence-electron chi connectivity index (χ0n) is 11.0. The first-order valence-electron chi connectivity index (χ1n) is 5.84. The Bertz CT molecular complexity index is 641. The molecule has 1 N–H and O–H groups in total. The zero-order chi connectivity index (χ0) is 14.7. The van der Waals surface area contributed by atoms with Crippen LogP contribution < -0.4 is 10.1 Å². The molecule has 0 fully saturated rings. The highest BCUT2D eigenvalue weighted by Crippen LogP contribution is 2.15. The van der Waals surface area contributed by atoms with Gasteiger partial charge in [-0.05, 0) is 19.1 Å². The van der Waals surface area contributed by atoms with Gasteiger partial charge < -0.3 is 10.1 Å². The Morgan fingerprint density at radius 3 is 2.70 bits per heavy atom. The fraction of sp³-hybridized carbons (Fsp3) is 0.231. The number of aromatic nitrogens is 2. The number of amides is 1. The van der Waals surface area contributed by atoms with Gasteiger partial charge in [0, 0.05) is 19.2 Å². The predicted octanol–water partition coefficient (Wildman–Crippen LogP) is 2.02. The third kappa shape index (κ3) is 3.31. The van der Waals surface area contributed by atoms with E-state index in [0.29, 0.717) is 5.82 Å². The molecule has 0 aliphatic heterocycles. The van der Waals surface area contributed by atoms with Crippen molar-refractivity contribution in [1.29, 1.82) is 0 Å². The number of aryl methyl sites for hydroxylation is 2. The highest BCUT2D eigenvalue weighted by molar-refractivity contribution is 5.91. The monoisotopic (exact) mass is 281 g/mol. The van der Waals surface area contributed by atoms with Crippen LogP contribution >= 0.6 is 0 Å². The molecule has 0 aliphatic carbocycles. The van der Waals surface area contributed by atoms with Crippen LogP contribution in [0.15, 0.2) is 24.3 Å². The molecule has 2 rings (SSSR count). The second-order valence-corrected chi connectivity index (χ2v) is 4.21. The highest BCUT2D eigenvalue weighted by atomic mass is 19.2. The van der Waals surface area contributed by atoms with Crippen molar-refractivity contribution < 1.29 is 18.3 Å². The van der Waals surface area contributed by atoms with Crippen LogP contribution in [0.25, 0.3) is 0 Å². The summed E-state index contributed by atoms with van der Waals surface area (Å²) in [5.41, 5.74) is 0.768. The molecule has 0 unspecified atom stereocenters. The van der Waals surface area contributed by atoms with E-state index in [0.717, 1.165) is 17.8 Å². The summed E-state index contributed by atoms with van der Waals surface area (Å²) in [6.07, 6.45) is 0. The largest absolute Gasteiger partial charge is 0.484 e. The van der Waals surface area contributed by atoms with Crippen LogP contribution in [0.5, 0.6) is 5.75 Å². The summed E-state index contributed by atoms with van der Waals surface area (Å²) < 4.78 is 32.2. The molecular weight excluding hydrogens is 268 g/mol. The van der Waals surface area contributed by atoms with Gasteiger partial charge in [0.1, 0.15) is 11.6 Å². The predicted molar refractivity (Wildman–Crippen MR) is 68.4 cm³/mol. The van der Waals surface area contributed by atoms with Gasteiger partial charge in [0.15, 0.2) is 18.2 Å². The molecule has 7 heteroatoms. The quantitative estimate of drug-likeness (QED) is 0.933. The van der Waals surface area contributed by atoms with Crippen molar-refractivity contribution in [3.63, 3.8) is 0 Å². The molecule has 1 aromatic heterocycles. The average Bonchev–Trinajstić information content (AvgIpc) is 2.69. The summed E-state index contributed by atoms with van der Waals surface area (Å²) in [4.78, 5) is 11.7. The molecule has 106 valence electrons. The van der Waals surface area contributed by atoms with Crippen molar-refractivity contribution in [2.45, 2.75) is 6.92 Å². The van der Waals surface area contributed by atoms with E-state index >= 15 is 0 Å². The van der Waals surface area contributed by atoms with Crippen LogP contribution in [0.4, 0.5) is 14.6 Å². The minimum Gasteiger partial charge on any atom is -0.484 e. The van der Waals surface area contributed by atoms with E-state index < -0.39 is 17.5 Å². The maximum absolute atomic E-state index is 12.9. The van der Waals surface area contributed by atoms with E-state index in [9.17, 15) is 13.6 Å². The molecular formula is C13H13F2N3O2. The Hall–Kier alpha value is -2.44. The average molecular weight is 281 g/mol. The standard InChI is InChI=1S/C13H13F2N3O2/c1-8-5-12(18(2)17-8)16-13(19)7-20-9-3-4-10(14)11(15)6-9/h3-6H,7H2,1-2H3,(H,16,19). The minimum absolute atomic E-state index is 0.0836. The molecule has 20 heavy (non-hydrogen) atoms. The van der Waals surface area contributed by atoms with Crippen molar-refractivity contribution in [3.05, 3.63) is 41.6 Å². The summed E-state index contributed by atoms with van der Waals surface area (Å²) in [6, 6.07) is 4.78. The van der Waals surface area contributed by atoms with Crippen molar-refractivity contribution in [2.75, 3.05) is 11.9 Å². The van der Waals surface area contributed by atoms with E-state index in [4.69, 9.17) is 4.74 Å². The van der Waals surface area contributed by atoms with Crippen molar-refractivity contribution >= 4 is 11.7 Å². The molecule has 2 aromatic rings. The molecule has 1 aromatic carbocycles. The third-order valence-electron chi connectivity index (χ3n) is 2.53. The van der Waals surface area contributed by atoms with Gasteiger partial charge in [-0.25, -0.2) is 8.78 Å². The SMILES string of the molecule is Cc1cc(NC(=O)COc2ccc(F)c(F)c2)n(C)n1. The second-order valence-electron chi connectivity index (χ2n) is 4.21. The first-order valence-corrected chi connectivity index (χ1v) is 5.84. The normalized spacial score (nSPS) is 10.4. The van der Waals surface area contributed by atoms with Crippen LogP contribution in [0, 0.1) is 18.6 Å². The topological polar surface area (TPSA) is 56.1 Å². The van der Waals surface area contributed by atoms with Gasteiger partial charge in [-0.1, -0.05) is 0 Å². The van der Waals surface area contributed by atoms with E-state index in [-0.39, 0.29) is 12.4 Å². The Kier molecular flexibility index (Phi) is 3.97. The van der Waals surface area contributed by atoms with Gasteiger partial charge in [-0.3, -0.25) is 9.48 Å². The first-order chi connectivity index (χ1) is 9.45. The number of anilines is 1.